The lowest BCUT2D eigenvalue weighted by atomic mass is 10.1. The van der Waals surface area contributed by atoms with Gasteiger partial charge in [-0.2, -0.15) is 0 Å². The van der Waals surface area contributed by atoms with Crippen molar-refractivity contribution in [3.8, 4) is 5.75 Å². The van der Waals surface area contributed by atoms with Gasteiger partial charge in [0, 0.05) is 11.8 Å². The molecule has 2 heterocycles. The van der Waals surface area contributed by atoms with Crippen LogP contribution in [0.2, 0.25) is 0 Å². The van der Waals surface area contributed by atoms with Gasteiger partial charge in [0.2, 0.25) is 0 Å². The minimum Gasteiger partial charge on any atom is -0.462 e. The maximum Gasteiger partial charge on any atom is 0.330 e. The number of hydrogen-bond donors (Lipinski definition) is 3. The zero-order valence-corrected chi connectivity index (χ0v) is 23.6. The summed E-state index contributed by atoms with van der Waals surface area (Å²) >= 11 is 18.4. The molecule has 0 aliphatic carbocycles. The van der Waals surface area contributed by atoms with E-state index in [0.29, 0.717) is 5.75 Å². The molecule has 2 aromatic rings. The Labute approximate surface area is 228 Å². The van der Waals surface area contributed by atoms with Crippen molar-refractivity contribution in [2.24, 2.45) is 0 Å². The summed E-state index contributed by atoms with van der Waals surface area (Å²) in [5.41, 5.74) is -1.19. The van der Waals surface area contributed by atoms with Crippen LogP contribution >= 0.6 is 29.8 Å². The summed E-state index contributed by atoms with van der Waals surface area (Å²) in [7, 11) is 0. The Hall–Kier alpha value is -1.76. The van der Waals surface area contributed by atoms with Crippen LogP contribution in [0.4, 0.5) is 0 Å². The molecule has 1 fully saturated rings. The van der Waals surface area contributed by atoms with Crippen LogP contribution in [0.25, 0.3) is 0 Å². The number of H-pyrrole nitrogens is 1. The number of nitrogens with zero attached hydrogens (tertiary/aromatic N) is 1. The Balaban J connectivity index is 1.82. The lowest BCUT2D eigenvalue weighted by molar-refractivity contribution is -0.149. The normalized spacial score (nSPS) is 23.4. The van der Waals surface area contributed by atoms with Crippen LogP contribution in [0.5, 0.6) is 5.75 Å². The highest BCUT2D eigenvalue weighted by Gasteiger charge is 2.56. The highest BCUT2D eigenvalue weighted by molar-refractivity contribution is 8.09. The van der Waals surface area contributed by atoms with Gasteiger partial charge in [0.1, 0.15) is 24.0 Å². The smallest absolute Gasteiger partial charge is 0.330 e. The quantitative estimate of drug-likeness (QED) is 0.213. The number of aromatic nitrogens is 2. The molecule has 5 atom stereocenters. The fraction of sp³-hybridized carbons (Fsp3) is 0.500. The lowest BCUT2D eigenvalue weighted by Gasteiger charge is -2.28. The number of ether oxygens (including phenoxy) is 2. The number of aryl methyl sites for hydroxylation is 1. The van der Waals surface area contributed by atoms with E-state index in [4.69, 9.17) is 53.5 Å². The molecular weight excluding hydrogens is 568 g/mol. The van der Waals surface area contributed by atoms with Gasteiger partial charge in [0.25, 0.3) is 5.56 Å². The van der Waals surface area contributed by atoms with Gasteiger partial charge in [0.15, 0.2) is 10.6 Å². The highest BCUT2D eigenvalue weighted by atomic mass is 35.5. The molecule has 37 heavy (non-hydrogen) atoms. The number of carbonyl (C=O) groups excluding carboxylic acids is 1. The Bertz CT molecular complexity index is 1270. The third kappa shape index (κ3) is 7.21. The maximum absolute atomic E-state index is 12.4. The van der Waals surface area contributed by atoms with Crippen molar-refractivity contribution in [3.63, 3.8) is 0 Å². The largest absolute Gasteiger partial charge is 0.462 e. The fourth-order valence-electron chi connectivity index (χ4n) is 3.37. The van der Waals surface area contributed by atoms with Crippen molar-refractivity contribution >= 4 is 47.6 Å². The first-order valence-electron chi connectivity index (χ1n) is 11.2. The summed E-state index contributed by atoms with van der Waals surface area (Å²) in [5, 5.41) is 13.7. The van der Waals surface area contributed by atoms with Crippen molar-refractivity contribution in [3.05, 3.63) is 62.9 Å². The number of benzene rings is 1. The minimum atomic E-state index is -3.44. The van der Waals surface area contributed by atoms with E-state index < -0.39 is 52.7 Å². The number of alkyl halides is 2. The number of aliphatic hydroxyl groups is 1. The molecule has 0 saturated carbocycles. The van der Waals surface area contributed by atoms with Crippen LogP contribution in [0.1, 0.15) is 32.6 Å². The number of aliphatic hydroxyl groups excluding tert-OH is 1. The summed E-state index contributed by atoms with van der Waals surface area (Å²) in [6, 6.07) is 7.69. The standard InChI is InChI=1S/C22H28Cl2N3O8PS/c1-12(2)33-19(30)14(4)26-36(37,35-15-8-6-5-7-9-15)32-11-16-17(28)22(23,24)20(34-16)27-10-13(3)18(29)25-21(27)31/h5-10,12,14,16-17,20,28H,11H2,1-4H3,(H,26,37)(H,25,29,31)/t14-,16+,17+,20+,36+/m0/s1. The third-order valence-corrected chi connectivity index (χ3v) is 8.53. The molecule has 204 valence electrons. The van der Waals surface area contributed by atoms with Gasteiger partial charge in [-0.05, 0) is 51.6 Å². The van der Waals surface area contributed by atoms with Crippen LogP contribution in [-0.4, -0.2) is 55.9 Å². The zero-order chi connectivity index (χ0) is 27.5. The summed E-state index contributed by atoms with van der Waals surface area (Å²) in [6.45, 7) is 2.66. The molecule has 0 spiro atoms. The molecule has 0 bridgehead atoms. The lowest BCUT2D eigenvalue weighted by Crippen LogP contribution is -2.42. The van der Waals surface area contributed by atoms with E-state index in [-0.39, 0.29) is 18.3 Å². The summed E-state index contributed by atoms with van der Waals surface area (Å²) in [6.07, 6.45) is -3.15. The molecule has 3 N–H and O–H groups in total. The van der Waals surface area contributed by atoms with Crippen LogP contribution in [0.3, 0.4) is 0 Å². The van der Waals surface area contributed by atoms with Gasteiger partial charge in [-0.1, -0.05) is 41.4 Å². The number of nitrogens with one attached hydrogen (secondary N) is 2. The third-order valence-electron chi connectivity index (χ3n) is 5.21. The van der Waals surface area contributed by atoms with Gasteiger partial charge in [-0.25, -0.2) is 9.88 Å². The molecule has 0 unspecified atom stereocenters. The maximum atomic E-state index is 12.4. The molecular formula is C22H28Cl2N3O8PS. The summed E-state index contributed by atoms with van der Waals surface area (Å²) in [5.74, 6) is -0.178. The van der Waals surface area contributed by atoms with Gasteiger partial charge in [-0.3, -0.25) is 19.1 Å². The molecule has 3 rings (SSSR count). The predicted octanol–water partition coefficient (Wildman–Crippen LogP) is 2.53. The summed E-state index contributed by atoms with van der Waals surface area (Å²) < 4.78 is 21.9. The van der Waals surface area contributed by atoms with E-state index in [1.807, 2.05) is 0 Å². The molecule has 11 nitrogen and oxygen atoms in total. The number of halogens is 2. The number of para-hydroxylation sites is 1. The number of aromatic amines is 1. The molecule has 1 aliphatic rings. The van der Waals surface area contributed by atoms with Gasteiger partial charge >= 0.3 is 18.3 Å². The summed E-state index contributed by atoms with van der Waals surface area (Å²) in [4.78, 5) is 38.6. The minimum absolute atomic E-state index is 0.208. The average molecular weight is 596 g/mol. The van der Waals surface area contributed by atoms with Crippen LogP contribution in [0, 0.1) is 6.92 Å². The van der Waals surface area contributed by atoms with Gasteiger partial charge in [0.05, 0.1) is 12.7 Å². The van der Waals surface area contributed by atoms with Crippen molar-refractivity contribution in [2.75, 3.05) is 6.61 Å². The molecule has 1 aromatic heterocycles. The Morgan fingerprint density at radius 2 is 1.95 bits per heavy atom. The second kappa shape index (κ2) is 12.0. The second-order valence-electron chi connectivity index (χ2n) is 8.66. The first-order chi connectivity index (χ1) is 17.2. The van der Waals surface area contributed by atoms with E-state index in [1.54, 1.807) is 51.1 Å². The van der Waals surface area contributed by atoms with E-state index in [2.05, 4.69) is 10.1 Å². The number of hydrogen-bond acceptors (Lipinski definition) is 9. The Morgan fingerprint density at radius 3 is 2.57 bits per heavy atom. The molecule has 0 radical (unpaired) electrons. The van der Waals surface area contributed by atoms with Crippen molar-refractivity contribution < 1.29 is 28.4 Å². The monoisotopic (exact) mass is 595 g/mol. The average Bonchev–Trinajstić information content (AvgIpc) is 3.03. The first-order valence-corrected chi connectivity index (χ1v) is 14.6. The van der Waals surface area contributed by atoms with Gasteiger partial charge < -0.3 is 23.6 Å². The topological polar surface area (TPSA) is 141 Å². The van der Waals surface area contributed by atoms with E-state index in [1.165, 1.54) is 13.1 Å². The van der Waals surface area contributed by atoms with Crippen molar-refractivity contribution in [1.82, 2.24) is 14.6 Å². The molecule has 15 heteroatoms. The van der Waals surface area contributed by atoms with Crippen LogP contribution in [0.15, 0.2) is 46.1 Å². The number of rotatable bonds is 10. The molecule has 1 aromatic carbocycles. The molecule has 0 amide bonds. The Kier molecular flexibility index (Phi) is 9.63. The van der Waals surface area contributed by atoms with E-state index >= 15 is 0 Å². The second-order valence-corrected chi connectivity index (χ2v) is 13.2. The van der Waals surface area contributed by atoms with Gasteiger partial charge in [-0.15, -0.1) is 0 Å². The fourth-order valence-corrected chi connectivity index (χ4v) is 6.38. The molecule has 1 saturated heterocycles. The number of esters is 1. The molecule has 1 aliphatic heterocycles. The predicted molar refractivity (Wildman–Crippen MR) is 142 cm³/mol. The number of carbonyl (C=O) groups is 1. The van der Waals surface area contributed by atoms with Crippen LogP contribution in [-0.2, 0) is 30.6 Å². The van der Waals surface area contributed by atoms with Crippen LogP contribution < -0.4 is 20.9 Å². The first kappa shape index (κ1) is 29.8. The zero-order valence-electron chi connectivity index (χ0n) is 20.4. The van der Waals surface area contributed by atoms with Crippen molar-refractivity contribution in [2.45, 2.75) is 62.6 Å². The Morgan fingerprint density at radius 1 is 1.30 bits per heavy atom. The highest BCUT2D eigenvalue weighted by Crippen LogP contribution is 2.49. The van der Waals surface area contributed by atoms with E-state index in [9.17, 15) is 19.5 Å². The van der Waals surface area contributed by atoms with Crippen molar-refractivity contribution in [1.29, 1.82) is 0 Å². The SMILES string of the molecule is Cc1cn([C@@H]2O[C@H](CO[P@](=S)(N[C@@H](C)C(=O)OC(C)C)Oc3ccccc3)[C@@H](O)C2(Cl)Cl)c(=O)[nH]c1=O. The van der Waals surface area contributed by atoms with E-state index in [0.717, 1.165) is 4.57 Å².